The molecule has 0 amide bonds. The first kappa shape index (κ1) is 77.6. The summed E-state index contributed by atoms with van der Waals surface area (Å²) in [5.41, 5.74) is -3.27. The normalized spacial score (nSPS) is 51.4. The summed E-state index contributed by atoms with van der Waals surface area (Å²) in [6, 6.07) is 7.42. The zero-order valence-electron chi connectivity index (χ0n) is 60.7. The number of aryl methyl sites for hydroxylation is 1. The van der Waals surface area contributed by atoms with Crippen LogP contribution in [-0.2, 0) is 81.1 Å². The lowest BCUT2D eigenvalue weighted by Gasteiger charge is -2.72. The fourth-order valence-corrected chi connectivity index (χ4v) is 20.3. The minimum Gasteiger partial charge on any atom is -0.455 e. The number of carbonyl (C=O) groups excluding carboxylic acids is 4. The lowest BCUT2D eigenvalue weighted by molar-refractivity contribution is -0.456. The van der Waals surface area contributed by atoms with Crippen molar-refractivity contribution in [1.29, 1.82) is 0 Å². The number of benzene rings is 1. The van der Waals surface area contributed by atoms with Crippen molar-refractivity contribution in [3.63, 3.8) is 0 Å². The number of aldehydes is 1. The molecule has 0 spiro atoms. The van der Waals surface area contributed by atoms with Crippen molar-refractivity contribution in [3.8, 4) is 0 Å². The quantitative estimate of drug-likeness (QED) is 0.0229. The van der Waals surface area contributed by atoms with Crippen molar-refractivity contribution in [2.24, 2.45) is 68.0 Å². The zero-order valence-corrected chi connectivity index (χ0v) is 60.7. The molecular formula is C75H110O27. The molecule has 27 heteroatoms. The second-order valence-corrected chi connectivity index (χ2v) is 33.7. The first-order valence-electron chi connectivity index (χ1n) is 36.7. The molecule has 0 radical (unpaired) electrons. The van der Waals surface area contributed by atoms with E-state index in [1.54, 1.807) is 33.8 Å². The van der Waals surface area contributed by atoms with Crippen LogP contribution >= 0.6 is 0 Å². The van der Waals surface area contributed by atoms with Crippen molar-refractivity contribution < 1.29 is 132 Å². The highest BCUT2D eigenvalue weighted by Gasteiger charge is 2.74. The van der Waals surface area contributed by atoms with Crippen molar-refractivity contribution in [3.05, 3.63) is 53.6 Å². The molecular weight excluding hydrogens is 1330 g/mol. The van der Waals surface area contributed by atoms with E-state index in [2.05, 4.69) is 46.8 Å². The van der Waals surface area contributed by atoms with Crippen LogP contribution in [0.4, 0.5) is 0 Å². The topological polar surface area (TPSA) is 391 Å². The van der Waals surface area contributed by atoms with Crippen molar-refractivity contribution in [1.82, 2.24) is 0 Å². The lowest BCUT2D eigenvalue weighted by Crippen LogP contribution is -2.70. The van der Waals surface area contributed by atoms with E-state index in [0.717, 1.165) is 18.8 Å². The van der Waals surface area contributed by atoms with Gasteiger partial charge in [-0.15, -0.1) is 0 Å². The molecule has 10 fully saturated rings. The minimum absolute atomic E-state index is 0.000699. The Hall–Kier alpha value is -4.02. The van der Waals surface area contributed by atoms with E-state index in [1.165, 1.54) is 6.08 Å². The fourth-order valence-electron chi connectivity index (χ4n) is 20.3. The number of allylic oxidation sites excluding steroid dienone is 2. The maximum absolute atomic E-state index is 16.1. The van der Waals surface area contributed by atoms with Gasteiger partial charge in [0, 0.05) is 18.9 Å². The van der Waals surface area contributed by atoms with Crippen molar-refractivity contribution in [2.75, 3.05) is 6.61 Å². The number of carbonyl (C=O) groups is 4. The third-order valence-electron chi connectivity index (χ3n) is 26.9. The molecule has 12 rings (SSSR count). The van der Waals surface area contributed by atoms with Gasteiger partial charge in [-0.2, -0.15) is 0 Å². The first-order valence-corrected chi connectivity index (χ1v) is 36.7. The second-order valence-electron chi connectivity index (χ2n) is 33.7. The summed E-state index contributed by atoms with van der Waals surface area (Å²) >= 11 is 0. The molecule has 37 unspecified atom stereocenters. The van der Waals surface area contributed by atoms with Crippen LogP contribution in [0.5, 0.6) is 0 Å². The number of rotatable bonds is 15. The molecule has 5 aliphatic heterocycles. The van der Waals surface area contributed by atoms with Gasteiger partial charge in [0.05, 0.1) is 66.3 Å². The Balaban J connectivity index is 0.831. The van der Waals surface area contributed by atoms with E-state index in [4.69, 9.17) is 61.9 Å². The molecule has 5 saturated heterocycles. The van der Waals surface area contributed by atoms with Gasteiger partial charge in [0.2, 0.25) is 6.29 Å². The Bertz CT molecular complexity index is 3220. The molecule has 0 aromatic heterocycles. The van der Waals surface area contributed by atoms with E-state index in [9.17, 15) is 65.4 Å². The van der Waals surface area contributed by atoms with Crippen LogP contribution in [0.3, 0.4) is 0 Å². The van der Waals surface area contributed by atoms with Crippen molar-refractivity contribution >= 4 is 30.3 Å². The number of fused-ring (bicyclic) bond motifs is 8. The Morgan fingerprint density at radius 3 is 1.95 bits per heavy atom. The smallest absolute Gasteiger partial charge is 0.331 e. The van der Waals surface area contributed by atoms with Crippen LogP contribution in [0.1, 0.15) is 152 Å². The third-order valence-corrected chi connectivity index (χ3v) is 26.9. The van der Waals surface area contributed by atoms with Crippen LogP contribution < -0.4 is 0 Å². The Kier molecular flexibility index (Phi) is 22.2. The molecule has 1 aromatic carbocycles. The van der Waals surface area contributed by atoms with E-state index in [1.807, 2.05) is 45.0 Å². The second kappa shape index (κ2) is 29.2. The van der Waals surface area contributed by atoms with Gasteiger partial charge in [0.1, 0.15) is 73.4 Å². The number of hydrogen-bond donors (Lipinski definition) is 10. The summed E-state index contributed by atoms with van der Waals surface area (Å²) in [7, 11) is 0. The highest BCUT2D eigenvalue weighted by atomic mass is 17.2. The largest absolute Gasteiger partial charge is 0.455 e. The predicted molar refractivity (Wildman–Crippen MR) is 355 cm³/mol. The lowest BCUT2D eigenvalue weighted by atomic mass is 9.32. The number of ether oxygens (including phenoxy) is 11. The van der Waals surface area contributed by atoms with Gasteiger partial charge in [-0.05, 0) is 148 Å². The van der Waals surface area contributed by atoms with Gasteiger partial charge >= 0.3 is 17.9 Å². The average Bonchev–Trinajstić information content (AvgIpc) is 0.670. The number of esters is 3. The minimum atomic E-state index is -1.80. The molecule has 5 saturated carbocycles. The van der Waals surface area contributed by atoms with Gasteiger partial charge in [-0.1, -0.05) is 97.4 Å². The summed E-state index contributed by atoms with van der Waals surface area (Å²) in [6.07, 6.45) is -25.2. The fraction of sp³-hybridized carbons (Fsp3) is 0.813. The molecule has 102 heavy (non-hydrogen) atoms. The molecule has 5 heterocycles. The first-order chi connectivity index (χ1) is 47.9. The van der Waals surface area contributed by atoms with Crippen LogP contribution in [0.2, 0.25) is 0 Å². The molecule has 10 N–H and O–H groups in total. The van der Waals surface area contributed by atoms with Gasteiger partial charge in [-0.3, -0.25) is 9.59 Å². The Labute approximate surface area is 595 Å². The summed E-state index contributed by atoms with van der Waals surface area (Å²) in [4.78, 5) is 68.3. The maximum atomic E-state index is 16.1. The predicted octanol–water partition coefficient (Wildman–Crippen LogP) is 3.33. The monoisotopic (exact) mass is 1440 g/mol. The van der Waals surface area contributed by atoms with E-state index in [0.29, 0.717) is 44.1 Å². The Morgan fingerprint density at radius 2 is 1.25 bits per heavy atom. The molecule has 1 aromatic rings. The molecule has 27 nitrogen and oxygen atoms in total. The molecule has 0 bridgehead atoms. The SMILES string of the molecule is CC(=O)OC1C(OC(=O)C=Cc2ccc(C)cc2)C(C)OC(OC(=O)C23CCC(C)(C)CC2C2C=CC4C5(C)CCC(OC6OC(C)C(O)C(OC7OCC(O)C(O)C7O)C6OC6OC7C(C)C(C)OOC7C(O)C6O)C(C)(C=O)C5CCC4(C)C2(C)CC3O)C1OC1CC(C)C(O)C(O)C1O. The average molecular weight is 1440 g/mol. The summed E-state index contributed by atoms with van der Waals surface area (Å²) in [5.74, 6) is -4.81. The molecule has 6 aliphatic carbocycles. The maximum Gasteiger partial charge on any atom is 0.331 e. The molecule has 11 aliphatic rings. The van der Waals surface area contributed by atoms with Gasteiger partial charge < -0.3 is 108 Å². The summed E-state index contributed by atoms with van der Waals surface area (Å²) in [6.45, 7) is 23.9. The van der Waals surface area contributed by atoms with Gasteiger partial charge in [0.15, 0.2) is 37.2 Å². The standard InChI is InChI=1S/C75H110O27/c1-33-14-16-40(17-15-33)18-21-49(80)96-59-38(6)92-68(64(62(59)93-39(7)77)94-44-28-34(2)50(81)54(85)53(44)84)100-69(89)75-27-26-70(8,9)29-42(75)41-19-20-46-71(10)24-23-48(72(11,32-76)45(71)22-25-73(46,12)74(41,13)30-47(75)79)95-67-63(99-66-57(88)55(86)61-58(97-66)35(3)36(4)101-102-61)60(51(82)37(5)91-67)98-65-56(87)52(83)43(78)31-90-65/h14-21,32,34-38,41-48,50-68,78-79,81-88H,22-31H2,1-13H3. The van der Waals surface area contributed by atoms with Crippen LogP contribution in [-0.4, -0.2) is 241 Å². The van der Waals surface area contributed by atoms with Crippen molar-refractivity contribution in [2.45, 2.75) is 307 Å². The molecule has 572 valence electrons. The summed E-state index contributed by atoms with van der Waals surface area (Å²) < 4.78 is 70.5. The van der Waals surface area contributed by atoms with Gasteiger partial charge in [0.25, 0.3) is 0 Å². The van der Waals surface area contributed by atoms with Crippen LogP contribution in [0, 0.1) is 74.9 Å². The van der Waals surface area contributed by atoms with Crippen LogP contribution in [0.25, 0.3) is 6.08 Å². The van der Waals surface area contributed by atoms with E-state index >= 15 is 4.79 Å². The highest BCUT2D eigenvalue weighted by Crippen LogP contribution is 2.76. The van der Waals surface area contributed by atoms with Crippen LogP contribution in [0.15, 0.2) is 42.5 Å². The number of aliphatic hydroxyl groups excluding tert-OH is 10. The van der Waals surface area contributed by atoms with E-state index in [-0.39, 0.29) is 48.3 Å². The third kappa shape index (κ3) is 13.5. The zero-order chi connectivity index (χ0) is 74.0. The number of hydrogen-bond acceptors (Lipinski definition) is 27. The van der Waals surface area contributed by atoms with Gasteiger partial charge in [-0.25, -0.2) is 14.6 Å². The molecule has 37 atom stereocenters. The highest BCUT2D eigenvalue weighted by molar-refractivity contribution is 5.87. The summed E-state index contributed by atoms with van der Waals surface area (Å²) in [5, 5.41) is 114. The number of aliphatic hydroxyl groups is 10. The Morgan fingerprint density at radius 1 is 0.578 bits per heavy atom. The van der Waals surface area contributed by atoms with E-state index < -0.39 is 223 Å².